The molecule has 3 aromatic rings. The summed E-state index contributed by atoms with van der Waals surface area (Å²) in [5.74, 6) is 0.167. The molecular formula is C22H22F3N5OS. The highest BCUT2D eigenvalue weighted by molar-refractivity contribution is 8.00. The van der Waals surface area contributed by atoms with Crippen LogP contribution in [0.2, 0.25) is 0 Å². The van der Waals surface area contributed by atoms with Crippen molar-refractivity contribution in [2.24, 2.45) is 0 Å². The predicted octanol–water partition coefficient (Wildman–Crippen LogP) is 4.82. The van der Waals surface area contributed by atoms with E-state index < -0.39 is 28.9 Å². The zero-order chi connectivity index (χ0) is 22.9. The van der Waals surface area contributed by atoms with Gasteiger partial charge in [0.2, 0.25) is 11.1 Å². The fraction of sp³-hybridized carbons (Fsp3) is 0.318. The first-order valence-electron chi connectivity index (χ1n) is 10.2. The lowest BCUT2D eigenvalue weighted by molar-refractivity contribution is -0.137. The smallest absolute Gasteiger partial charge is 0.324 e. The summed E-state index contributed by atoms with van der Waals surface area (Å²) in [6, 6.07) is 12.3. The van der Waals surface area contributed by atoms with Crippen LogP contribution in [0, 0.1) is 0 Å². The van der Waals surface area contributed by atoms with E-state index in [0.29, 0.717) is 17.4 Å². The second-order valence-corrected chi connectivity index (χ2v) is 8.47. The number of rotatable bonds is 5. The van der Waals surface area contributed by atoms with Crippen molar-refractivity contribution < 1.29 is 18.0 Å². The number of alkyl halides is 3. The molecule has 10 heteroatoms. The van der Waals surface area contributed by atoms with Gasteiger partial charge in [0, 0.05) is 6.42 Å². The Morgan fingerprint density at radius 3 is 2.47 bits per heavy atom. The number of fused-ring (bicyclic) bond motifs is 1. The van der Waals surface area contributed by atoms with Crippen molar-refractivity contribution in [3.63, 3.8) is 0 Å². The Morgan fingerprint density at radius 2 is 1.81 bits per heavy atom. The zero-order valence-electron chi connectivity index (χ0n) is 17.5. The molecule has 4 rings (SSSR count). The second kappa shape index (κ2) is 8.85. The van der Waals surface area contributed by atoms with Gasteiger partial charge in [0.25, 0.3) is 0 Å². The number of aryl methyl sites for hydroxylation is 2. The molecule has 0 aliphatic carbocycles. The molecule has 2 heterocycles. The monoisotopic (exact) mass is 461 g/mol. The second-order valence-electron chi connectivity index (χ2n) is 7.36. The van der Waals surface area contributed by atoms with Crippen LogP contribution < -0.4 is 10.7 Å². The number of thioether (sulfide) groups is 1. The summed E-state index contributed by atoms with van der Waals surface area (Å²) in [7, 11) is 0. The minimum atomic E-state index is -4.58. The molecule has 2 N–H and O–H groups in total. The summed E-state index contributed by atoms with van der Waals surface area (Å²) < 4.78 is 42.0. The van der Waals surface area contributed by atoms with Crippen molar-refractivity contribution >= 4 is 23.4 Å². The minimum absolute atomic E-state index is 0.271. The van der Waals surface area contributed by atoms with Crippen molar-refractivity contribution in [1.82, 2.24) is 14.9 Å². The van der Waals surface area contributed by atoms with Crippen LogP contribution in [0.5, 0.6) is 0 Å². The average molecular weight is 462 g/mol. The molecule has 1 amide bonds. The molecule has 1 aliphatic heterocycles. The number of hydrogen-bond donors (Lipinski definition) is 2. The third kappa shape index (κ3) is 4.32. The molecule has 168 valence electrons. The number of anilines is 1. The van der Waals surface area contributed by atoms with Crippen LogP contribution in [0.1, 0.15) is 42.4 Å². The molecule has 2 atom stereocenters. The molecule has 6 nitrogen and oxygen atoms in total. The van der Waals surface area contributed by atoms with Gasteiger partial charge in [-0.1, -0.05) is 62.0 Å². The van der Waals surface area contributed by atoms with Gasteiger partial charge in [-0.2, -0.15) is 13.2 Å². The van der Waals surface area contributed by atoms with Gasteiger partial charge in [-0.25, -0.2) is 4.68 Å². The maximum absolute atomic E-state index is 13.4. The first-order valence-corrected chi connectivity index (χ1v) is 11.1. The average Bonchev–Trinajstić information content (AvgIpc) is 3.20. The Morgan fingerprint density at radius 1 is 1.09 bits per heavy atom. The Bertz CT molecular complexity index is 1110. The highest BCUT2D eigenvalue weighted by Crippen LogP contribution is 2.39. The molecular weight excluding hydrogens is 439 g/mol. The van der Waals surface area contributed by atoms with Crippen molar-refractivity contribution in [3.05, 3.63) is 71.0 Å². The largest absolute Gasteiger partial charge is 0.418 e. The quantitative estimate of drug-likeness (QED) is 0.570. The van der Waals surface area contributed by atoms with E-state index in [4.69, 9.17) is 0 Å². The number of halogens is 3. The number of carbonyl (C=O) groups excluding carboxylic acids is 1. The van der Waals surface area contributed by atoms with Crippen LogP contribution in [0.3, 0.4) is 0 Å². The van der Waals surface area contributed by atoms with Crippen LogP contribution in [-0.4, -0.2) is 26.0 Å². The molecule has 2 aromatic carbocycles. The van der Waals surface area contributed by atoms with Gasteiger partial charge >= 0.3 is 6.18 Å². The first kappa shape index (κ1) is 22.2. The standard InChI is InChI=1S/C22H22F3N5OS/c1-3-13-9-11-14(12-10-13)18-19(32-21-28-27-17(4-2)30(21)29-18)20(31)26-16-8-6-5-7-15(16)22(23,24)25/h5-12,18-19,29H,3-4H2,1-2H3,(H,26,31). The molecule has 0 spiro atoms. The third-order valence-electron chi connectivity index (χ3n) is 5.32. The van der Waals surface area contributed by atoms with E-state index in [1.807, 2.05) is 31.2 Å². The van der Waals surface area contributed by atoms with Gasteiger partial charge in [0.15, 0.2) is 5.82 Å². The molecule has 1 aliphatic rings. The lowest BCUT2D eigenvalue weighted by atomic mass is 10.0. The number of amides is 1. The summed E-state index contributed by atoms with van der Waals surface area (Å²) in [5, 5.41) is 10.5. The Balaban J connectivity index is 1.68. The molecule has 0 fully saturated rings. The lowest BCUT2D eigenvalue weighted by Gasteiger charge is -2.33. The van der Waals surface area contributed by atoms with Gasteiger partial charge in [0.05, 0.1) is 17.3 Å². The van der Waals surface area contributed by atoms with Crippen molar-refractivity contribution in [2.45, 2.75) is 49.3 Å². The molecule has 0 saturated carbocycles. The molecule has 1 aromatic heterocycles. The van der Waals surface area contributed by atoms with E-state index in [-0.39, 0.29) is 5.69 Å². The minimum Gasteiger partial charge on any atom is -0.324 e. The molecule has 0 saturated heterocycles. The van der Waals surface area contributed by atoms with Gasteiger partial charge in [0.1, 0.15) is 5.25 Å². The molecule has 2 unspecified atom stereocenters. The number of para-hydroxylation sites is 1. The van der Waals surface area contributed by atoms with E-state index in [2.05, 4.69) is 27.9 Å². The van der Waals surface area contributed by atoms with Crippen LogP contribution in [0.4, 0.5) is 18.9 Å². The number of nitrogens with zero attached hydrogens (tertiary/aromatic N) is 3. The highest BCUT2D eigenvalue weighted by Gasteiger charge is 2.39. The van der Waals surface area contributed by atoms with E-state index >= 15 is 0 Å². The van der Waals surface area contributed by atoms with Crippen LogP contribution in [-0.2, 0) is 23.8 Å². The third-order valence-corrected chi connectivity index (χ3v) is 6.53. The fourth-order valence-corrected chi connectivity index (χ4v) is 4.68. The number of nitrogens with one attached hydrogen (secondary N) is 2. The normalized spacial score (nSPS) is 18.0. The highest BCUT2D eigenvalue weighted by atomic mass is 32.2. The van der Waals surface area contributed by atoms with Gasteiger partial charge in [-0.15, -0.1) is 10.2 Å². The molecule has 0 radical (unpaired) electrons. The van der Waals surface area contributed by atoms with Gasteiger partial charge in [-0.05, 0) is 29.7 Å². The molecule has 0 bridgehead atoms. The number of aromatic nitrogens is 3. The summed E-state index contributed by atoms with van der Waals surface area (Å²) in [6.07, 6.45) is -3.06. The number of carbonyl (C=O) groups is 1. The van der Waals surface area contributed by atoms with Crippen LogP contribution in [0.25, 0.3) is 0 Å². The Kier molecular flexibility index (Phi) is 6.14. The van der Waals surface area contributed by atoms with E-state index in [1.54, 1.807) is 4.68 Å². The van der Waals surface area contributed by atoms with Crippen molar-refractivity contribution in [2.75, 3.05) is 10.7 Å². The van der Waals surface area contributed by atoms with Crippen molar-refractivity contribution in [1.29, 1.82) is 0 Å². The zero-order valence-corrected chi connectivity index (χ0v) is 18.3. The van der Waals surface area contributed by atoms with Crippen LogP contribution in [0.15, 0.2) is 53.7 Å². The SMILES string of the molecule is CCc1ccc(C2Nn3c(CC)nnc3SC2C(=O)Nc2ccccc2C(F)(F)F)cc1. The van der Waals surface area contributed by atoms with Crippen LogP contribution >= 0.6 is 11.8 Å². The topological polar surface area (TPSA) is 71.8 Å². The summed E-state index contributed by atoms with van der Waals surface area (Å²) in [5.41, 5.74) is 4.14. The molecule has 32 heavy (non-hydrogen) atoms. The summed E-state index contributed by atoms with van der Waals surface area (Å²) >= 11 is 1.18. The number of benzene rings is 2. The maximum atomic E-state index is 13.4. The number of hydrogen-bond acceptors (Lipinski definition) is 5. The van der Waals surface area contributed by atoms with Crippen molar-refractivity contribution in [3.8, 4) is 0 Å². The van der Waals surface area contributed by atoms with Gasteiger partial charge < -0.3 is 10.7 Å². The van der Waals surface area contributed by atoms with E-state index in [9.17, 15) is 18.0 Å². The predicted molar refractivity (Wildman–Crippen MR) is 117 cm³/mol. The Labute approximate surface area is 187 Å². The summed E-state index contributed by atoms with van der Waals surface area (Å²) in [4.78, 5) is 13.2. The summed E-state index contributed by atoms with van der Waals surface area (Å²) in [6.45, 7) is 4.00. The fourth-order valence-electron chi connectivity index (χ4n) is 3.58. The van der Waals surface area contributed by atoms with E-state index in [0.717, 1.165) is 23.6 Å². The maximum Gasteiger partial charge on any atom is 0.418 e. The lowest BCUT2D eigenvalue weighted by Crippen LogP contribution is -2.41. The van der Waals surface area contributed by atoms with Gasteiger partial charge in [-0.3, -0.25) is 4.79 Å². The van der Waals surface area contributed by atoms with E-state index in [1.165, 1.54) is 30.0 Å². The Hall–Kier alpha value is -3.01. The first-order chi connectivity index (χ1) is 15.3.